The number of alkyl halides is 3. The normalized spacial score (nSPS) is 14.6. The van der Waals surface area contributed by atoms with Crippen molar-refractivity contribution >= 4 is 11.6 Å². The number of hydrogen-bond acceptors (Lipinski definition) is 5. The molecule has 1 atom stereocenters. The van der Waals surface area contributed by atoms with Gasteiger partial charge in [0.05, 0.1) is 12.2 Å². The van der Waals surface area contributed by atoms with Crippen molar-refractivity contribution < 1.29 is 23.4 Å². The summed E-state index contributed by atoms with van der Waals surface area (Å²) in [5, 5.41) is 24.0. The van der Waals surface area contributed by atoms with Crippen LogP contribution in [0.1, 0.15) is 25.8 Å². The highest BCUT2D eigenvalue weighted by Gasteiger charge is 2.32. The lowest BCUT2D eigenvalue weighted by atomic mass is 10.1. The van der Waals surface area contributed by atoms with Gasteiger partial charge in [0.2, 0.25) is 0 Å². The van der Waals surface area contributed by atoms with Crippen LogP contribution in [0.15, 0.2) is 12.1 Å². The summed E-state index contributed by atoms with van der Waals surface area (Å²) in [6, 6.07) is 1.80. The summed E-state index contributed by atoms with van der Waals surface area (Å²) in [6.45, 7) is 3.12. The first-order valence-corrected chi connectivity index (χ1v) is 6.58. The molecule has 8 heteroatoms. The molecule has 1 unspecified atom stereocenters. The first-order valence-electron chi connectivity index (χ1n) is 6.58. The number of rotatable bonds is 7. The maximum atomic E-state index is 12.8. The second-order valence-electron chi connectivity index (χ2n) is 5.06. The number of nitrogens with zero attached hydrogens (tertiary/aromatic N) is 1. The minimum Gasteiger partial charge on any atom is -0.393 e. The van der Waals surface area contributed by atoms with E-state index in [0.717, 1.165) is 18.6 Å². The number of pyridine rings is 1. The number of anilines is 2. The molecule has 0 aliphatic heterocycles. The van der Waals surface area contributed by atoms with E-state index in [9.17, 15) is 18.3 Å². The van der Waals surface area contributed by atoms with E-state index in [-0.39, 0.29) is 18.2 Å². The molecule has 1 rings (SSSR count). The molecule has 5 nitrogen and oxygen atoms in total. The Kier molecular flexibility index (Phi) is 5.79. The van der Waals surface area contributed by atoms with Crippen LogP contribution in [0.5, 0.6) is 0 Å². The predicted molar refractivity (Wildman–Crippen MR) is 74.2 cm³/mol. The number of halogens is 3. The maximum Gasteiger partial charge on any atom is 0.416 e. The Morgan fingerprint density at radius 3 is 2.24 bits per heavy atom. The molecule has 0 saturated heterocycles. The molecule has 0 aliphatic rings. The molecular weight excluding hydrogens is 287 g/mol. The summed E-state index contributed by atoms with van der Waals surface area (Å²) in [7, 11) is 0. The quantitative estimate of drug-likeness (QED) is 0.620. The van der Waals surface area contributed by atoms with Crippen molar-refractivity contribution in [1.29, 1.82) is 0 Å². The van der Waals surface area contributed by atoms with Crippen molar-refractivity contribution in [2.75, 3.05) is 30.3 Å². The summed E-state index contributed by atoms with van der Waals surface area (Å²) < 4.78 is 38.5. The van der Waals surface area contributed by atoms with Crippen LogP contribution in [0.25, 0.3) is 0 Å². The van der Waals surface area contributed by atoms with E-state index >= 15 is 0 Å². The van der Waals surface area contributed by atoms with Crippen molar-refractivity contribution in [3.05, 3.63) is 17.7 Å². The minimum absolute atomic E-state index is 0.0165. The average Bonchev–Trinajstić information content (AvgIpc) is 2.42. The molecule has 0 saturated carbocycles. The van der Waals surface area contributed by atoms with Crippen molar-refractivity contribution in [2.45, 2.75) is 32.0 Å². The number of nitrogens with one attached hydrogen (secondary N) is 2. The maximum absolute atomic E-state index is 12.8. The summed E-state index contributed by atoms with van der Waals surface area (Å²) in [4.78, 5) is 4.01. The van der Waals surface area contributed by atoms with Gasteiger partial charge in [-0.05, 0) is 25.5 Å². The van der Waals surface area contributed by atoms with E-state index in [0.29, 0.717) is 6.54 Å². The molecule has 4 N–H and O–H groups in total. The van der Waals surface area contributed by atoms with Gasteiger partial charge in [0.25, 0.3) is 0 Å². The van der Waals surface area contributed by atoms with Crippen LogP contribution in [-0.4, -0.2) is 40.5 Å². The largest absolute Gasteiger partial charge is 0.416 e. The molecule has 120 valence electrons. The first-order chi connectivity index (χ1) is 9.68. The Labute approximate surface area is 121 Å². The highest BCUT2D eigenvalue weighted by Crippen LogP contribution is 2.32. The van der Waals surface area contributed by atoms with Gasteiger partial charge >= 0.3 is 6.18 Å². The van der Waals surface area contributed by atoms with E-state index in [1.54, 1.807) is 0 Å². The molecule has 0 spiro atoms. The predicted octanol–water partition coefficient (Wildman–Crippen LogP) is 2.08. The topological polar surface area (TPSA) is 77.4 Å². The summed E-state index contributed by atoms with van der Waals surface area (Å²) >= 11 is 0. The van der Waals surface area contributed by atoms with Gasteiger partial charge in [0.1, 0.15) is 17.2 Å². The van der Waals surface area contributed by atoms with Crippen molar-refractivity contribution in [1.82, 2.24) is 4.98 Å². The van der Waals surface area contributed by atoms with Crippen molar-refractivity contribution in [3.63, 3.8) is 0 Å². The average molecular weight is 307 g/mol. The molecule has 0 amide bonds. The highest BCUT2D eigenvalue weighted by molar-refractivity contribution is 5.50. The van der Waals surface area contributed by atoms with Crippen molar-refractivity contribution in [2.24, 2.45) is 0 Å². The van der Waals surface area contributed by atoms with Crippen LogP contribution in [0, 0.1) is 0 Å². The zero-order valence-corrected chi connectivity index (χ0v) is 12.0. The molecule has 21 heavy (non-hydrogen) atoms. The molecule has 1 heterocycles. The van der Waals surface area contributed by atoms with E-state index in [1.807, 2.05) is 6.92 Å². The van der Waals surface area contributed by atoms with E-state index in [1.165, 1.54) is 6.92 Å². The third-order valence-electron chi connectivity index (χ3n) is 2.70. The Bertz CT molecular complexity index is 464. The van der Waals surface area contributed by atoms with Crippen LogP contribution in [0.4, 0.5) is 24.8 Å². The van der Waals surface area contributed by atoms with E-state index in [4.69, 9.17) is 5.11 Å². The van der Waals surface area contributed by atoms with Gasteiger partial charge < -0.3 is 20.8 Å². The fourth-order valence-electron chi connectivity index (χ4n) is 1.47. The van der Waals surface area contributed by atoms with E-state index < -0.39 is 23.9 Å². The summed E-state index contributed by atoms with van der Waals surface area (Å²) in [6.07, 6.45) is -3.73. The molecular formula is C13H20F3N3O2. The second-order valence-corrected chi connectivity index (χ2v) is 5.06. The standard InChI is InChI=1S/C13H20F3N3O2/c1-3-4-17-10-5-9(13(14,15)16)6-11(19-10)18-7-12(2,21)8-20/h5-6,20-21H,3-4,7-8H2,1-2H3,(H2,17,18,19). The number of aliphatic hydroxyl groups excluding tert-OH is 1. The first kappa shape index (κ1) is 17.5. The number of aromatic nitrogens is 1. The SMILES string of the molecule is CCCNc1cc(C(F)(F)F)cc(NCC(C)(O)CO)n1. The van der Waals surface area contributed by atoms with Crippen LogP contribution in [0.3, 0.4) is 0 Å². The lowest BCUT2D eigenvalue weighted by Gasteiger charge is -2.21. The smallest absolute Gasteiger partial charge is 0.393 e. The van der Waals surface area contributed by atoms with Crippen LogP contribution in [-0.2, 0) is 6.18 Å². The lowest BCUT2D eigenvalue weighted by Crippen LogP contribution is -2.37. The summed E-state index contributed by atoms with van der Waals surface area (Å²) in [5.74, 6) is 0.0926. The molecule has 0 radical (unpaired) electrons. The van der Waals surface area contributed by atoms with Crippen LogP contribution < -0.4 is 10.6 Å². The third kappa shape index (κ3) is 5.76. The van der Waals surface area contributed by atoms with Gasteiger partial charge in [-0.25, -0.2) is 4.98 Å². The fourth-order valence-corrected chi connectivity index (χ4v) is 1.47. The molecule has 0 aromatic carbocycles. The monoisotopic (exact) mass is 307 g/mol. The highest BCUT2D eigenvalue weighted by atomic mass is 19.4. The van der Waals surface area contributed by atoms with Crippen LogP contribution >= 0.6 is 0 Å². The van der Waals surface area contributed by atoms with Gasteiger partial charge in [0, 0.05) is 13.1 Å². The molecule has 1 aromatic heterocycles. The number of hydrogen-bond donors (Lipinski definition) is 4. The molecule has 0 bridgehead atoms. The third-order valence-corrected chi connectivity index (χ3v) is 2.70. The molecule has 0 fully saturated rings. The lowest BCUT2D eigenvalue weighted by molar-refractivity contribution is -0.137. The molecule has 1 aromatic rings. The van der Waals surface area contributed by atoms with Gasteiger partial charge in [-0.15, -0.1) is 0 Å². The minimum atomic E-state index is -4.48. The van der Waals surface area contributed by atoms with E-state index in [2.05, 4.69) is 15.6 Å². The van der Waals surface area contributed by atoms with Gasteiger partial charge in [-0.3, -0.25) is 0 Å². The number of aliphatic hydroxyl groups is 2. The van der Waals surface area contributed by atoms with Gasteiger partial charge in [-0.2, -0.15) is 13.2 Å². The Morgan fingerprint density at radius 1 is 1.19 bits per heavy atom. The Balaban J connectivity index is 2.96. The Hall–Kier alpha value is -1.54. The van der Waals surface area contributed by atoms with Crippen LogP contribution in [0.2, 0.25) is 0 Å². The fraction of sp³-hybridized carbons (Fsp3) is 0.615. The zero-order chi connectivity index (χ0) is 16.1. The summed E-state index contributed by atoms with van der Waals surface area (Å²) in [5.41, 5.74) is -2.27. The molecule has 0 aliphatic carbocycles. The Morgan fingerprint density at radius 2 is 1.76 bits per heavy atom. The van der Waals surface area contributed by atoms with Crippen molar-refractivity contribution in [3.8, 4) is 0 Å². The van der Waals surface area contributed by atoms with Gasteiger partial charge in [-0.1, -0.05) is 6.92 Å². The van der Waals surface area contributed by atoms with Gasteiger partial charge in [0.15, 0.2) is 0 Å². The second kappa shape index (κ2) is 6.95. The zero-order valence-electron chi connectivity index (χ0n) is 12.0.